The summed E-state index contributed by atoms with van der Waals surface area (Å²) in [7, 11) is 0. The van der Waals surface area contributed by atoms with Crippen molar-refractivity contribution in [3.63, 3.8) is 0 Å². The number of benzene rings is 2. The summed E-state index contributed by atoms with van der Waals surface area (Å²) in [4.78, 5) is 6.90. The molecule has 0 atom stereocenters. The molecular weight excluding hydrogens is 475 g/mol. The second-order valence-electron chi connectivity index (χ2n) is 7.56. The van der Waals surface area contributed by atoms with Gasteiger partial charge in [-0.15, -0.1) is 24.0 Å². The van der Waals surface area contributed by atoms with Crippen molar-refractivity contribution in [2.75, 3.05) is 38.1 Å². The summed E-state index contributed by atoms with van der Waals surface area (Å²) in [6.07, 6.45) is 3.49. The lowest BCUT2D eigenvalue weighted by atomic mass is 10.1. The summed E-state index contributed by atoms with van der Waals surface area (Å²) in [5.41, 5.74) is 10.6. The van der Waals surface area contributed by atoms with Gasteiger partial charge in [0, 0.05) is 18.8 Å². The van der Waals surface area contributed by atoms with Crippen molar-refractivity contribution in [1.82, 2.24) is 4.90 Å². The van der Waals surface area contributed by atoms with Crippen LogP contribution in [0.4, 0.5) is 5.69 Å². The first-order chi connectivity index (χ1) is 13.6. The van der Waals surface area contributed by atoms with Gasteiger partial charge in [-0.3, -0.25) is 9.89 Å². The van der Waals surface area contributed by atoms with Gasteiger partial charge in [-0.2, -0.15) is 0 Å². The lowest BCUT2D eigenvalue weighted by Gasteiger charge is -2.15. The molecule has 1 aliphatic rings. The molecule has 3 N–H and O–H groups in total. The number of likely N-dealkylation sites (tertiary alicyclic amines) is 1. The Balaban J connectivity index is 0.00000300. The molecule has 1 saturated heterocycles. The van der Waals surface area contributed by atoms with Gasteiger partial charge >= 0.3 is 0 Å². The number of rotatable bonds is 8. The molecule has 3 rings (SSSR count). The zero-order chi connectivity index (χ0) is 19.8. The fourth-order valence-corrected chi connectivity index (χ4v) is 3.59. The van der Waals surface area contributed by atoms with Crippen LogP contribution >= 0.6 is 24.0 Å². The van der Waals surface area contributed by atoms with Crippen LogP contribution in [0.5, 0.6) is 5.75 Å². The number of guanidine groups is 1. The van der Waals surface area contributed by atoms with Crippen LogP contribution in [0.15, 0.2) is 47.5 Å². The minimum atomic E-state index is 0. The Morgan fingerprint density at radius 2 is 1.72 bits per heavy atom. The maximum absolute atomic E-state index is 6.02. The van der Waals surface area contributed by atoms with Crippen LogP contribution < -0.4 is 15.8 Å². The smallest absolute Gasteiger partial charge is 0.193 e. The fraction of sp³-hybridized carbons (Fsp3) is 0.435. The number of nitrogens with zero attached hydrogens (tertiary/aromatic N) is 2. The van der Waals surface area contributed by atoms with Gasteiger partial charge in [-0.25, -0.2) is 0 Å². The molecule has 0 amide bonds. The molecule has 0 radical (unpaired) electrons. The van der Waals surface area contributed by atoms with Crippen LogP contribution in [0.1, 0.15) is 29.5 Å². The standard InChI is InChI=1S/C23H32N4O.HI/c1-18-15-19(2)17-21(16-18)26-23(24)25-10-9-20-5-7-22(8-6-20)28-14-13-27-11-3-4-12-27;/h5-8,15-17H,3-4,9-14H2,1-2H3,(H3,24,25,26);1H. The highest BCUT2D eigenvalue weighted by atomic mass is 127. The van der Waals surface area contributed by atoms with Crippen molar-refractivity contribution >= 4 is 35.6 Å². The average molecular weight is 508 g/mol. The van der Waals surface area contributed by atoms with E-state index in [1.54, 1.807) is 0 Å². The Kier molecular flexibility index (Phi) is 9.73. The lowest BCUT2D eigenvalue weighted by Crippen LogP contribution is -2.25. The number of ether oxygens (including phenoxy) is 1. The van der Waals surface area contributed by atoms with Crippen molar-refractivity contribution < 1.29 is 4.74 Å². The van der Waals surface area contributed by atoms with Crippen LogP contribution in [0, 0.1) is 13.8 Å². The Morgan fingerprint density at radius 3 is 2.38 bits per heavy atom. The molecular formula is C23H33IN4O. The first-order valence-electron chi connectivity index (χ1n) is 10.2. The molecule has 5 nitrogen and oxygen atoms in total. The van der Waals surface area contributed by atoms with Gasteiger partial charge in [-0.05, 0) is 87.2 Å². The molecule has 0 spiro atoms. The van der Waals surface area contributed by atoms with E-state index < -0.39 is 0 Å². The van der Waals surface area contributed by atoms with Crippen LogP contribution in [-0.4, -0.2) is 43.6 Å². The van der Waals surface area contributed by atoms with Crippen molar-refractivity contribution in [2.24, 2.45) is 10.7 Å². The number of aliphatic imine (C=N–C) groups is 1. The van der Waals surface area contributed by atoms with Gasteiger partial charge in [0.2, 0.25) is 0 Å². The SMILES string of the molecule is Cc1cc(C)cc(NC(N)=NCCc2ccc(OCCN3CCCC3)cc2)c1.I. The summed E-state index contributed by atoms with van der Waals surface area (Å²) in [6.45, 7) is 9.00. The molecule has 0 saturated carbocycles. The van der Waals surface area contributed by atoms with E-state index >= 15 is 0 Å². The van der Waals surface area contributed by atoms with Crippen LogP contribution in [0.25, 0.3) is 0 Å². The van der Waals surface area contributed by atoms with Crippen LogP contribution in [0.3, 0.4) is 0 Å². The van der Waals surface area contributed by atoms with Crippen LogP contribution in [0.2, 0.25) is 0 Å². The topological polar surface area (TPSA) is 62.9 Å². The Labute approximate surface area is 191 Å². The van der Waals surface area contributed by atoms with E-state index in [9.17, 15) is 0 Å². The summed E-state index contributed by atoms with van der Waals surface area (Å²) >= 11 is 0. The summed E-state index contributed by atoms with van der Waals surface area (Å²) in [6, 6.07) is 14.6. The van der Waals surface area contributed by atoms with E-state index in [2.05, 4.69) is 59.4 Å². The monoisotopic (exact) mass is 508 g/mol. The highest BCUT2D eigenvalue weighted by Crippen LogP contribution is 2.15. The van der Waals surface area contributed by atoms with E-state index in [0.29, 0.717) is 12.5 Å². The molecule has 0 aromatic heterocycles. The number of aryl methyl sites for hydroxylation is 2. The Hall–Kier alpha value is -1.80. The first-order valence-corrected chi connectivity index (χ1v) is 10.2. The molecule has 2 aromatic rings. The third-order valence-corrected chi connectivity index (χ3v) is 4.98. The zero-order valence-electron chi connectivity index (χ0n) is 17.5. The van der Waals surface area contributed by atoms with Crippen LogP contribution in [-0.2, 0) is 6.42 Å². The van der Waals surface area contributed by atoms with Gasteiger partial charge in [-0.1, -0.05) is 18.2 Å². The van der Waals surface area contributed by atoms with Gasteiger partial charge < -0.3 is 15.8 Å². The highest BCUT2D eigenvalue weighted by Gasteiger charge is 2.10. The van der Waals surface area contributed by atoms with E-state index in [4.69, 9.17) is 10.5 Å². The van der Waals surface area contributed by atoms with E-state index in [1.807, 2.05) is 12.1 Å². The Bertz CT molecular complexity index is 766. The minimum absolute atomic E-state index is 0. The maximum atomic E-state index is 6.02. The number of hydrogen-bond donors (Lipinski definition) is 2. The second kappa shape index (κ2) is 12.0. The minimum Gasteiger partial charge on any atom is -0.492 e. The number of hydrogen-bond acceptors (Lipinski definition) is 3. The molecule has 0 bridgehead atoms. The summed E-state index contributed by atoms with van der Waals surface area (Å²) in [5, 5.41) is 3.17. The first kappa shape index (κ1) is 23.5. The molecule has 0 aliphatic carbocycles. The number of nitrogens with two attached hydrogens (primary N) is 1. The molecule has 0 unspecified atom stereocenters. The number of nitrogens with one attached hydrogen (secondary N) is 1. The third kappa shape index (κ3) is 8.22. The molecule has 1 aliphatic heterocycles. The third-order valence-electron chi connectivity index (χ3n) is 4.98. The molecule has 6 heteroatoms. The van der Waals surface area contributed by atoms with E-state index in [0.717, 1.165) is 31.0 Å². The summed E-state index contributed by atoms with van der Waals surface area (Å²) in [5.74, 6) is 1.38. The van der Waals surface area contributed by atoms with Crippen molar-refractivity contribution in [2.45, 2.75) is 33.1 Å². The normalized spacial score (nSPS) is 14.5. The number of anilines is 1. The number of halogens is 1. The predicted octanol–water partition coefficient (Wildman–Crippen LogP) is 4.37. The molecule has 1 heterocycles. The van der Waals surface area contributed by atoms with Gasteiger partial charge in [0.1, 0.15) is 12.4 Å². The quantitative estimate of drug-likeness (QED) is 0.316. The molecule has 2 aromatic carbocycles. The fourth-order valence-electron chi connectivity index (χ4n) is 3.59. The van der Waals surface area contributed by atoms with E-state index in [-0.39, 0.29) is 24.0 Å². The van der Waals surface area contributed by atoms with Crippen molar-refractivity contribution in [1.29, 1.82) is 0 Å². The molecule has 1 fully saturated rings. The second-order valence-corrected chi connectivity index (χ2v) is 7.56. The van der Waals surface area contributed by atoms with E-state index in [1.165, 1.54) is 42.6 Å². The molecule has 29 heavy (non-hydrogen) atoms. The van der Waals surface area contributed by atoms with Gasteiger partial charge in [0.05, 0.1) is 0 Å². The lowest BCUT2D eigenvalue weighted by molar-refractivity contribution is 0.238. The maximum Gasteiger partial charge on any atom is 0.193 e. The van der Waals surface area contributed by atoms with Crippen molar-refractivity contribution in [3.8, 4) is 5.75 Å². The zero-order valence-corrected chi connectivity index (χ0v) is 19.8. The van der Waals surface area contributed by atoms with Gasteiger partial charge in [0.25, 0.3) is 0 Å². The largest absolute Gasteiger partial charge is 0.492 e. The molecule has 158 valence electrons. The van der Waals surface area contributed by atoms with Crippen molar-refractivity contribution in [3.05, 3.63) is 59.2 Å². The summed E-state index contributed by atoms with van der Waals surface area (Å²) < 4.78 is 5.85. The highest BCUT2D eigenvalue weighted by molar-refractivity contribution is 14.0. The van der Waals surface area contributed by atoms with Gasteiger partial charge in [0.15, 0.2) is 5.96 Å². The predicted molar refractivity (Wildman–Crippen MR) is 133 cm³/mol. The Morgan fingerprint density at radius 1 is 1.07 bits per heavy atom. The average Bonchev–Trinajstić information content (AvgIpc) is 3.15.